The van der Waals surface area contributed by atoms with Crippen molar-refractivity contribution in [3.8, 4) is 0 Å². The molecule has 0 unspecified atom stereocenters. The van der Waals surface area contributed by atoms with Crippen molar-refractivity contribution < 1.29 is 14.0 Å². The molecule has 0 atom stereocenters. The zero-order valence-electron chi connectivity index (χ0n) is 11.5. The molecule has 0 amide bonds. The van der Waals surface area contributed by atoms with Crippen LogP contribution in [0.2, 0.25) is 0 Å². The Bertz CT molecular complexity index is 661. The highest BCUT2D eigenvalue weighted by atomic mass is 19.1. The predicted octanol–water partition coefficient (Wildman–Crippen LogP) is 3.81. The highest BCUT2D eigenvalue weighted by molar-refractivity contribution is 5.99. The van der Waals surface area contributed by atoms with Crippen molar-refractivity contribution in [1.29, 1.82) is 0 Å². The van der Waals surface area contributed by atoms with E-state index in [0.29, 0.717) is 11.3 Å². The van der Waals surface area contributed by atoms with E-state index in [4.69, 9.17) is 4.84 Å². The topological polar surface area (TPSA) is 38.7 Å². The van der Waals surface area contributed by atoms with Crippen LogP contribution in [-0.2, 0) is 9.63 Å². The summed E-state index contributed by atoms with van der Waals surface area (Å²) in [5.41, 5.74) is 2.08. The number of carbonyl (C=O) groups excluding carboxylic acids is 1. The Labute approximate surface area is 122 Å². The van der Waals surface area contributed by atoms with Crippen LogP contribution in [0, 0.1) is 5.82 Å². The van der Waals surface area contributed by atoms with Gasteiger partial charge in [-0.05, 0) is 36.3 Å². The number of carbonyl (C=O) groups is 1. The fraction of sp³-hybridized carbons (Fsp3) is 0.0588. The van der Waals surface area contributed by atoms with Crippen LogP contribution in [0.4, 0.5) is 4.39 Å². The highest BCUT2D eigenvalue weighted by Crippen LogP contribution is 2.05. The summed E-state index contributed by atoms with van der Waals surface area (Å²) in [6.07, 6.45) is 2.95. The van der Waals surface area contributed by atoms with Gasteiger partial charge in [-0.25, -0.2) is 9.18 Å². The van der Waals surface area contributed by atoms with Crippen molar-refractivity contribution in [3.63, 3.8) is 0 Å². The number of halogens is 1. The largest absolute Gasteiger partial charge is 0.358 e. The molecule has 2 aromatic carbocycles. The van der Waals surface area contributed by atoms with E-state index in [1.807, 2.05) is 30.3 Å². The summed E-state index contributed by atoms with van der Waals surface area (Å²) >= 11 is 0. The van der Waals surface area contributed by atoms with Gasteiger partial charge in [0.1, 0.15) is 5.82 Å². The second-order valence-corrected chi connectivity index (χ2v) is 4.34. The van der Waals surface area contributed by atoms with E-state index >= 15 is 0 Å². The van der Waals surface area contributed by atoms with Crippen LogP contribution < -0.4 is 0 Å². The second kappa shape index (κ2) is 7.14. The summed E-state index contributed by atoms with van der Waals surface area (Å²) in [7, 11) is 0. The van der Waals surface area contributed by atoms with Gasteiger partial charge in [-0.2, -0.15) is 0 Å². The normalized spacial score (nSPS) is 11.6. The minimum absolute atomic E-state index is 0.325. The first kappa shape index (κ1) is 14.7. The molecule has 0 aliphatic rings. The molecule has 0 fully saturated rings. The monoisotopic (exact) mass is 283 g/mol. The fourth-order valence-corrected chi connectivity index (χ4v) is 1.62. The van der Waals surface area contributed by atoms with Gasteiger partial charge in [-0.3, -0.25) is 0 Å². The van der Waals surface area contributed by atoms with Crippen LogP contribution in [0.25, 0.3) is 6.08 Å². The first-order chi connectivity index (χ1) is 10.1. The Morgan fingerprint density at radius 1 is 1.10 bits per heavy atom. The number of benzene rings is 2. The molecule has 0 radical (unpaired) electrons. The third kappa shape index (κ3) is 4.69. The van der Waals surface area contributed by atoms with Crippen LogP contribution in [0.3, 0.4) is 0 Å². The Morgan fingerprint density at radius 3 is 2.43 bits per heavy atom. The lowest BCUT2D eigenvalue weighted by atomic mass is 10.1. The Hall–Kier alpha value is -2.75. The number of hydrogen-bond donors (Lipinski definition) is 0. The molecule has 4 heteroatoms. The first-order valence-corrected chi connectivity index (χ1v) is 6.40. The van der Waals surface area contributed by atoms with E-state index in [1.54, 1.807) is 25.1 Å². The SMILES string of the molecule is CC(=NOC(=O)C=Cc1ccccc1)c1ccc(F)cc1. The van der Waals surface area contributed by atoms with Gasteiger partial charge in [0.15, 0.2) is 0 Å². The molecule has 0 bridgehead atoms. The summed E-state index contributed by atoms with van der Waals surface area (Å²) in [5.74, 6) is -0.894. The zero-order chi connectivity index (χ0) is 15.1. The van der Waals surface area contributed by atoms with Gasteiger partial charge in [0.25, 0.3) is 0 Å². The van der Waals surface area contributed by atoms with E-state index in [1.165, 1.54) is 18.2 Å². The average Bonchev–Trinajstić information content (AvgIpc) is 2.52. The van der Waals surface area contributed by atoms with Crippen molar-refractivity contribution >= 4 is 17.8 Å². The Morgan fingerprint density at radius 2 is 1.76 bits per heavy atom. The van der Waals surface area contributed by atoms with Gasteiger partial charge < -0.3 is 4.84 Å². The van der Waals surface area contributed by atoms with Crippen LogP contribution in [0.1, 0.15) is 18.1 Å². The minimum Gasteiger partial charge on any atom is -0.313 e. The van der Waals surface area contributed by atoms with Gasteiger partial charge in [0, 0.05) is 6.08 Å². The molecule has 0 aliphatic heterocycles. The third-order valence-corrected chi connectivity index (χ3v) is 2.75. The molecule has 0 saturated heterocycles. The third-order valence-electron chi connectivity index (χ3n) is 2.75. The van der Waals surface area contributed by atoms with E-state index in [0.717, 1.165) is 5.56 Å². The molecule has 0 N–H and O–H groups in total. The van der Waals surface area contributed by atoms with E-state index in [-0.39, 0.29) is 5.82 Å². The summed E-state index contributed by atoms with van der Waals surface area (Å²) in [5, 5.41) is 3.73. The number of hydrogen-bond acceptors (Lipinski definition) is 3. The lowest BCUT2D eigenvalue weighted by Crippen LogP contribution is -2.00. The van der Waals surface area contributed by atoms with E-state index in [9.17, 15) is 9.18 Å². The first-order valence-electron chi connectivity index (χ1n) is 6.40. The fourth-order valence-electron chi connectivity index (χ4n) is 1.62. The van der Waals surface area contributed by atoms with Gasteiger partial charge >= 0.3 is 5.97 Å². The second-order valence-electron chi connectivity index (χ2n) is 4.34. The molecule has 0 spiro atoms. The molecule has 0 aliphatic carbocycles. The standard InChI is InChI=1S/C17H14FNO2/c1-13(15-8-10-16(18)11-9-15)19-21-17(20)12-7-14-5-3-2-4-6-14/h2-12H,1H3. The summed E-state index contributed by atoms with van der Waals surface area (Å²) < 4.78 is 12.8. The van der Waals surface area contributed by atoms with Crippen molar-refractivity contribution in [2.24, 2.45) is 5.16 Å². The summed E-state index contributed by atoms with van der Waals surface area (Å²) in [4.78, 5) is 16.3. The molecule has 21 heavy (non-hydrogen) atoms. The van der Waals surface area contributed by atoms with Crippen molar-refractivity contribution in [3.05, 3.63) is 77.6 Å². The molecule has 0 saturated carbocycles. The van der Waals surface area contributed by atoms with Gasteiger partial charge in [0.05, 0.1) is 5.71 Å². The van der Waals surface area contributed by atoms with Crippen LogP contribution in [0.15, 0.2) is 65.8 Å². The van der Waals surface area contributed by atoms with Gasteiger partial charge in [-0.1, -0.05) is 47.6 Å². The zero-order valence-corrected chi connectivity index (χ0v) is 11.5. The van der Waals surface area contributed by atoms with Crippen LogP contribution in [-0.4, -0.2) is 11.7 Å². The van der Waals surface area contributed by atoms with Crippen LogP contribution >= 0.6 is 0 Å². The van der Waals surface area contributed by atoms with E-state index < -0.39 is 5.97 Å². The molecular weight excluding hydrogens is 269 g/mol. The smallest absolute Gasteiger partial charge is 0.313 e. The molecule has 2 rings (SSSR count). The highest BCUT2D eigenvalue weighted by Gasteiger charge is 2.01. The number of nitrogens with zero attached hydrogens (tertiary/aromatic N) is 1. The maximum Gasteiger partial charge on any atom is 0.358 e. The van der Waals surface area contributed by atoms with Crippen LogP contribution in [0.5, 0.6) is 0 Å². The maximum absolute atomic E-state index is 12.8. The van der Waals surface area contributed by atoms with E-state index in [2.05, 4.69) is 5.16 Å². The molecule has 0 aromatic heterocycles. The van der Waals surface area contributed by atoms with Gasteiger partial charge in [-0.15, -0.1) is 0 Å². The Balaban J connectivity index is 1.95. The predicted molar refractivity (Wildman–Crippen MR) is 80.2 cm³/mol. The Kier molecular flexibility index (Phi) is 4.99. The minimum atomic E-state index is -0.569. The van der Waals surface area contributed by atoms with Crippen molar-refractivity contribution in [2.45, 2.75) is 6.92 Å². The molecule has 2 aromatic rings. The summed E-state index contributed by atoms with van der Waals surface area (Å²) in [6.45, 7) is 1.68. The van der Waals surface area contributed by atoms with Crippen molar-refractivity contribution in [1.82, 2.24) is 0 Å². The van der Waals surface area contributed by atoms with Gasteiger partial charge in [0.2, 0.25) is 0 Å². The molecule has 0 heterocycles. The lowest BCUT2D eigenvalue weighted by molar-refractivity contribution is -0.137. The quantitative estimate of drug-likeness (QED) is 0.370. The molecular formula is C17H14FNO2. The summed E-state index contributed by atoms with van der Waals surface area (Å²) in [6, 6.07) is 15.2. The molecule has 106 valence electrons. The molecule has 3 nitrogen and oxygen atoms in total. The number of oxime groups is 1. The maximum atomic E-state index is 12.8. The number of rotatable bonds is 4. The lowest BCUT2D eigenvalue weighted by Gasteiger charge is -1.99. The van der Waals surface area contributed by atoms with Crippen molar-refractivity contribution in [2.75, 3.05) is 0 Å². The average molecular weight is 283 g/mol.